The standard InChI is InChI=1S/C29H28ClN3O2/c1-2-3-9-18-33-28(25-26(20-10-5-4-6-11-20)31-32-27(25)29(33)34)21-14-16-23(17-15-21)35-19-22-12-7-8-13-24(22)30/h4-8,10-17,28H,2-3,9,18-19H2,1H3,(H,31,32). The van der Waals surface area contributed by atoms with Crippen molar-refractivity contribution < 1.29 is 9.53 Å². The van der Waals surface area contributed by atoms with E-state index in [1.807, 2.05) is 83.8 Å². The molecule has 6 heteroatoms. The van der Waals surface area contributed by atoms with Gasteiger partial charge in [-0.1, -0.05) is 92.0 Å². The van der Waals surface area contributed by atoms with E-state index in [1.165, 1.54) is 0 Å². The van der Waals surface area contributed by atoms with Crippen molar-refractivity contribution in [2.45, 2.75) is 38.8 Å². The van der Waals surface area contributed by atoms with E-state index in [0.717, 1.165) is 53.0 Å². The summed E-state index contributed by atoms with van der Waals surface area (Å²) < 4.78 is 5.98. The average Bonchev–Trinajstić information content (AvgIpc) is 3.44. The van der Waals surface area contributed by atoms with Gasteiger partial charge in [0.15, 0.2) is 0 Å². The molecule has 0 saturated heterocycles. The molecule has 1 atom stereocenters. The van der Waals surface area contributed by atoms with Gasteiger partial charge in [0.05, 0.1) is 11.7 Å². The molecule has 5 nitrogen and oxygen atoms in total. The number of aromatic nitrogens is 2. The second kappa shape index (κ2) is 10.4. The summed E-state index contributed by atoms with van der Waals surface area (Å²) in [6, 6.07) is 25.5. The first-order valence-corrected chi connectivity index (χ1v) is 12.5. The Hall–Kier alpha value is -3.57. The number of fused-ring (bicyclic) bond motifs is 1. The molecular weight excluding hydrogens is 458 g/mol. The number of ether oxygens (including phenoxy) is 1. The van der Waals surface area contributed by atoms with E-state index in [4.69, 9.17) is 16.3 Å². The van der Waals surface area contributed by atoms with Crippen molar-refractivity contribution >= 4 is 17.5 Å². The Kier molecular flexibility index (Phi) is 6.87. The van der Waals surface area contributed by atoms with Crippen LogP contribution in [-0.4, -0.2) is 27.5 Å². The third kappa shape index (κ3) is 4.69. The van der Waals surface area contributed by atoms with E-state index in [0.29, 0.717) is 23.9 Å². The highest BCUT2D eigenvalue weighted by Gasteiger charge is 2.41. The van der Waals surface area contributed by atoms with Gasteiger partial charge in [-0.2, -0.15) is 5.10 Å². The lowest BCUT2D eigenvalue weighted by molar-refractivity contribution is 0.0740. The fourth-order valence-corrected chi connectivity index (χ4v) is 4.84. The Labute approximate surface area is 210 Å². The lowest BCUT2D eigenvalue weighted by atomic mass is 9.96. The van der Waals surface area contributed by atoms with Crippen LogP contribution in [0.2, 0.25) is 5.02 Å². The number of amides is 1. The first kappa shape index (κ1) is 23.2. The van der Waals surface area contributed by atoms with Gasteiger partial charge in [0, 0.05) is 28.3 Å². The number of nitrogens with one attached hydrogen (secondary N) is 1. The number of rotatable bonds is 9. The van der Waals surface area contributed by atoms with Crippen molar-refractivity contribution in [3.05, 3.63) is 106 Å². The summed E-state index contributed by atoms with van der Waals surface area (Å²) in [6.45, 7) is 3.28. The van der Waals surface area contributed by atoms with Crippen molar-refractivity contribution in [3.8, 4) is 17.0 Å². The van der Waals surface area contributed by atoms with Crippen molar-refractivity contribution in [3.63, 3.8) is 0 Å². The van der Waals surface area contributed by atoms with Gasteiger partial charge >= 0.3 is 0 Å². The molecule has 178 valence electrons. The number of H-pyrrole nitrogens is 1. The predicted molar refractivity (Wildman–Crippen MR) is 139 cm³/mol. The maximum atomic E-state index is 13.4. The number of aromatic amines is 1. The minimum atomic E-state index is -0.194. The summed E-state index contributed by atoms with van der Waals surface area (Å²) in [5.74, 6) is 0.765. The molecule has 35 heavy (non-hydrogen) atoms. The second-order valence-electron chi connectivity index (χ2n) is 8.78. The SMILES string of the molecule is CCCCCN1C(=O)c2[nH]nc(-c3ccccc3)c2C1c1ccc(OCc2ccccc2Cl)cc1. The molecule has 0 aliphatic carbocycles. The van der Waals surface area contributed by atoms with Crippen molar-refractivity contribution in [2.75, 3.05) is 6.54 Å². The molecule has 1 unspecified atom stereocenters. The minimum absolute atomic E-state index is 0.00910. The lowest BCUT2D eigenvalue weighted by Gasteiger charge is -2.26. The zero-order valence-electron chi connectivity index (χ0n) is 19.7. The minimum Gasteiger partial charge on any atom is -0.489 e. The molecule has 0 bridgehead atoms. The Morgan fingerprint density at radius 2 is 1.71 bits per heavy atom. The number of hydrogen-bond acceptors (Lipinski definition) is 3. The van der Waals surface area contributed by atoms with Crippen LogP contribution in [-0.2, 0) is 6.61 Å². The summed E-state index contributed by atoms with van der Waals surface area (Å²) in [5, 5.41) is 8.27. The van der Waals surface area contributed by atoms with E-state index in [2.05, 4.69) is 17.1 Å². The van der Waals surface area contributed by atoms with Gasteiger partial charge in [-0.3, -0.25) is 9.89 Å². The summed E-state index contributed by atoms with van der Waals surface area (Å²) in [7, 11) is 0. The van der Waals surface area contributed by atoms with Gasteiger partial charge in [-0.15, -0.1) is 0 Å². The van der Waals surface area contributed by atoms with Crippen LogP contribution in [0.15, 0.2) is 78.9 Å². The summed E-state index contributed by atoms with van der Waals surface area (Å²) >= 11 is 6.26. The lowest BCUT2D eigenvalue weighted by Crippen LogP contribution is -2.30. The quantitative estimate of drug-likeness (QED) is 0.258. The van der Waals surface area contributed by atoms with Crippen LogP contribution in [0.3, 0.4) is 0 Å². The molecule has 3 aromatic carbocycles. The van der Waals surface area contributed by atoms with Gasteiger partial charge in [-0.25, -0.2) is 0 Å². The molecule has 2 heterocycles. The van der Waals surface area contributed by atoms with Crippen molar-refractivity contribution in [1.29, 1.82) is 0 Å². The Bertz CT molecular complexity index is 1300. The highest BCUT2D eigenvalue weighted by Crippen LogP contribution is 2.43. The Morgan fingerprint density at radius 3 is 2.46 bits per heavy atom. The fraction of sp³-hybridized carbons (Fsp3) is 0.241. The summed E-state index contributed by atoms with van der Waals surface area (Å²) in [4.78, 5) is 15.4. The zero-order valence-corrected chi connectivity index (χ0v) is 20.5. The van der Waals surface area contributed by atoms with Gasteiger partial charge in [0.2, 0.25) is 0 Å². The Balaban J connectivity index is 1.45. The third-order valence-electron chi connectivity index (χ3n) is 6.46. The van der Waals surface area contributed by atoms with Crippen LogP contribution in [0.4, 0.5) is 0 Å². The maximum Gasteiger partial charge on any atom is 0.273 e. The van der Waals surface area contributed by atoms with Gasteiger partial charge < -0.3 is 9.64 Å². The predicted octanol–water partition coefficient (Wildman–Crippen LogP) is 7.04. The van der Waals surface area contributed by atoms with Gasteiger partial charge in [0.1, 0.15) is 18.1 Å². The highest BCUT2D eigenvalue weighted by atomic mass is 35.5. The third-order valence-corrected chi connectivity index (χ3v) is 6.83. The van der Waals surface area contributed by atoms with Crippen LogP contribution in [0.25, 0.3) is 11.3 Å². The van der Waals surface area contributed by atoms with Crippen molar-refractivity contribution in [2.24, 2.45) is 0 Å². The van der Waals surface area contributed by atoms with Crippen molar-refractivity contribution in [1.82, 2.24) is 15.1 Å². The van der Waals surface area contributed by atoms with Crippen LogP contribution >= 0.6 is 11.6 Å². The van der Waals surface area contributed by atoms with Crippen LogP contribution in [0.5, 0.6) is 5.75 Å². The number of unbranched alkanes of at least 4 members (excludes halogenated alkanes) is 2. The van der Waals surface area contributed by atoms with E-state index in [-0.39, 0.29) is 11.9 Å². The Morgan fingerprint density at radius 1 is 0.971 bits per heavy atom. The number of hydrogen-bond donors (Lipinski definition) is 1. The molecule has 4 aromatic rings. The molecule has 1 aliphatic rings. The molecular formula is C29H28ClN3O2. The number of nitrogens with zero attached hydrogens (tertiary/aromatic N) is 2. The molecule has 5 rings (SSSR count). The van der Waals surface area contributed by atoms with Crippen LogP contribution in [0.1, 0.15) is 59.4 Å². The smallest absolute Gasteiger partial charge is 0.273 e. The monoisotopic (exact) mass is 485 g/mol. The first-order valence-electron chi connectivity index (χ1n) is 12.1. The topological polar surface area (TPSA) is 58.2 Å². The number of benzene rings is 3. The molecule has 1 N–H and O–H groups in total. The largest absolute Gasteiger partial charge is 0.489 e. The first-order chi connectivity index (χ1) is 17.2. The molecule has 1 amide bonds. The molecule has 0 saturated carbocycles. The maximum absolute atomic E-state index is 13.4. The zero-order chi connectivity index (χ0) is 24.2. The molecule has 1 aliphatic heterocycles. The normalized spacial score (nSPS) is 14.9. The molecule has 1 aromatic heterocycles. The van der Waals surface area contributed by atoms with E-state index in [9.17, 15) is 4.79 Å². The molecule has 0 spiro atoms. The fourth-order valence-electron chi connectivity index (χ4n) is 4.64. The number of carbonyl (C=O) groups excluding carboxylic acids is 1. The second-order valence-corrected chi connectivity index (χ2v) is 9.19. The van der Waals surface area contributed by atoms with Gasteiger partial charge in [-0.05, 0) is 30.2 Å². The summed E-state index contributed by atoms with van der Waals surface area (Å²) in [5.41, 5.74) is 5.34. The highest BCUT2D eigenvalue weighted by molar-refractivity contribution is 6.31. The molecule has 0 fully saturated rings. The van der Waals surface area contributed by atoms with E-state index in [1.54, 1.807) is 0 Å². The number of carbonyl (C=O) groups is 1. The van der Waals surface area contributed by atoms with Crippen LogP contribution in [0, 0.1) is 0 Å². The van der Waals surface area contributed by atoms with Gasteiger partial charge in [0.25, 0.3) is 5.91 Å². The molecule has 0 radical (unpaired) electrons. The summed E-state index contributed by atoms with van der Waals surface area (Å²) in [6.07, 6.45) is 3.16. The number of halogens is 1. The van der Waals surface area contributed by atoms with Crippen LogP contribution < -0.4 is 4.74 Å². The van der Waals surface area contributed by atoms with E-state index >= 15 is 0 Å². The average molecular weight is 486 g/mol. The van der Waals surface area contributed by atoms with E-state index < -0.39 is 0 Å².